The first-order chi connectivity index (χ1) is 9.58. The molecule has 20 heavy (non-hydrogen) atoms. The van der Waals surface area contributed by atoms with Gasteiger partial charge in [-0.05, 0) is 31.9 Å². The van der Waals surface area contributed by atoms with E-state index in [1.54, 1.807) is 6.07 Å². The van der Waals surface area contributed by atoms with Gasteiger partial charge in [-0.25, -0.2) is 0 Å². The molecule has 0 aliphatic rings. The molecule has 104 valence electrons. The number of para-hydroxylation sites is 1. The topological polar surface area (TPSA) is 64.0 Å². The summed E-state index contributed by atoms with van der Waals surface area (Å²) in [6, 6.07) is 11.7. The van der Waals surface area contributed by atoms with Crippen LogP contribution in [0.4, 0.5) is 5.69 Å². The Hall–Kier alpha value is -2.41. The second-order valence-electron chi connectivity index (χ2n) is 4.90. The maximum atomic E-state index is 9.24. The standard InChI is InChI=1S/C16H19N3O/c1-4-12(3)19-13(10-17)9-14(18)16(19)20-15-8-6-5-7-11(15)2/h5-9,12H,4,18H2,1-3H3/t12-/m1/s1. The van der Waals surface area contributed by atoms with Crippen molar-refractivity contribution < 1.29 is 4.74 Å². The third kappa shape index (κ3) is 2.48. The highest BCUT2D eigenvalue weighted by atomic mass is 16.5. The summed E-state index contributed by atoms with van der Waals surface area (Å²) in [5.41, 5.74) is 8.06. The third-order valence-corrected chi connectivity index (χ3v) is 3.46. The molecule has 4 heteroatoms. The predicted octanol–water partition coefficient (Wildman–Crippen LogP) is 4.01. The van der Waals surface area contributed by atoms with Crippen LogP contribution < -0.4 is 10.5 Å². The van der Waals surface area contributed by atoms with Crippen LogP contribution in [-0.4, -0.2) is 4.57 Å². The number of anilines is 1. The van der Waals surface area contributed by atoms with Crippen LogP contribution in [0, 0.1) is 18.3 Å². The maximum Gasteiger partial charge on any atom is 0.224 e. The molecule has 0 amide bonds. The van der Waals surface area contributed by atoms with Crippen LogP contribution in [0.15, 0.2) is 30.3 Å². The van der Waals surface area contributed by atoms with Gasteiger partial charge in [0.05, 0.1) is 5.69 Å². The van der Waals surface area contributed by atoms with Gasteiger partial charge in [0.25, 0.3) is 0 Å². The smallest absolute Gasteiger partial charge is 0.224 e. The molecule has 2 N–H and O–H groups in total. The number of nitrogens with zero attached hydrogens (tertiary/aromatic N) is 2. The molecule has 4 nitrogen and oxygen atoms in total. The number of nitrogens with two attached hydrogens (primary N) is 1. The Bertz CT molecular complexity index is 652. The number of nitriles is 1. The number of aromatic nitrogens is 1. The molecule has 0 fully saturated rings. The van der Waals surface area contributed by atoms with E-state index in [0.29, 0.717) is 17.3 Å². The SMILES string of the molecule is CC[C@@H](C)n1c(C#N)cc(N)c1Oc1ccccc1C. The highest BCUT2D eigenvalue weighted by Crippen LogP contribution is 2.35. The quantitative estimate of drug-likeness (QED) is 0.911. The fourth-order valence-corrected chi connectivity index (χ4v) is 2.12. The second kappa shape index (κ2) is 5.70. The van der Waals surface area contributed by atoms with Gasteiger partial charge >= 0.3 is 0 Å². The number of ether oxygens (including phenoxy) is 1. The first-order valence-corrected chi connectivity index (χ1v) is 6.72. The Labute approximate surface area is 119 Å². The van der Waals surface area contributed by atoms with Crippen LogP contribution in [0.5, 0.6) is 11.6 Å². The molecule has 1 aromatic heterocycles. The summed E-state index contributed by atoms with van der Waals surface area (Å²) in [6.45, 7) is 6.10. The van der Waals surface area contributed by atoms with Crippen molar-refractivity contribution in [2.45, 2.75) is 33.2 Å². The molecular formula is C16H19N3O. The lowest BCUT2D eigenvalue weighted by Gasteiger charge is -2.18. The van der Waals surface area contributed by atoms with Crippen LogP contribution in [0.2, 0.25) is 0 Å². The molecule has 2 aromatic rings. The minimum absolute atomic E-state index is 0.154. The highest BCUT2D eigenvalue weighted by Gasteiger charge is 2.19. The molecule has 0 aliphatic heterocycles. The number of hydrogen-bond acceptors (Lipinski definition) is 3. The van der Waals surface area contributed by atoms with Crippen LogP contribution in [0.1, 0.15) is 37.6 Å². The molecule has 0 saturated carbocycles. The van der Waals surface area contributed by atoms with Crippen molar-refractivity contribution in [1.29, 1.82) is 5.26 Å². The molecule has 0 radical (unpaired) electrons. The summed E-state index contributed by atoms with van der Waals surface area (Å²) in [4.78, 5) is 0. The molecule has 0 saturated heterocycles. The summed E-state index contributed by atoms with van der Waals surface area (Å²) >= 11 is 0. The first kappa shape index (κ1) is 14.0. The second-order valence-corrected chi connectivity index (χ2v) is 4.90. The van der Waals surface area contributed by atoms with E-state index in [1.807, 2.05) is 42.7 Å². The fraction of sp³-hybridized carbons (Fsp3) is 0.312. The molecule has 0 spiro atoms. The van der Waals surface area contributed by atoms with Gasteiger partial charge in [0.1, 0.15) is 17.5 Å². The van der Waals surface area contributed by atoms with E-state index in [1.165, 1.54) is 0 Å². The van der Waals surface area contributed by atoms with Gasteiger partial charge in [0.2, 0.25) is 5.88 Å². The largest absolute Gasteiger partial charge is 0.438 e. The predicted molar refractivity (Wildman–Crippen MR) is 79.8 cm³/mol. The molecule has 1 heterocycles. The number of aryl methyl sites for hydroxylation is 1. The van der Waals surface area contributed by atoms with Crippen LogP contribution >= 0.6 is 0 Å². The Morgan fingerprint density at radius 2 is 2.10 bits per heavy atom. The molecule has 1 atom stereocenters. The Balaban J connectivity index is 2.49. The van der Waals surface area contributed by atoms with Gasteiger partial charge in [-0.3, -0.25) is 4.57 Å². The van der Waals surface area contributed by atoms with Crippen molar-refractivity contribution in [2.24, 2.45) is 0 Å². The van der Waals surface area contributed by atoms with E-state index in [4.69, 9.17) is 10.5 Å². The lowest BCUT2D eigenvalue weighted by Crippen LogP contribution is -2.08. The van der Waals surface area contributed by atoms with Gasteiger partial charge in [0.15, 0.2) is 0 Å². The van der Waals surface area contributed by atoms with E-state index in [0.717, 1.165) is 17.7 Å². The number of hydrogen-bond donors (Lipinski definition) is 1. The van der Waals surface area contributed by atoms with E-state index in [2.05, 4.69) is 13.0 Å². The van der Waals surface area contributed by atoms with Crippen molar-refractivity contribution in [3.63, 3.8) is 0 Å². The summed E-state index contributed by atoms with van der Waals surface area (Å²) in [5.74, 6) is 1.30. The minimum atomic E-state index is 0.154. The summed E-state index contributed by atoms with van der Waals surface area (Å²) in [5, 5.41) is 9.24. The molecule has 0 bridgehead atoms. The van der Waals surface area contributed by atoms with Crippen LogP contribution in [0.25, 0.3) is 0 Å². The molecule has 0 unspecified atom stereocenters. The Morgan fingerprint density at radius 3 is 2.70 bits per heavy atom. The average Bonchev–Trinajstić information content (AvgIpc) is 2.77. The molecule has 2 rings (SSSR count). The third-order valence-electron chi connectivity index (χ3n) is 3.46. The number of benzene rings is 1. The first-order valence-electron chi connectivity index (χ1n) is 6.72. The van der Waals surface area contributed by atoms with Gasteiger partial charge in [-0.2, -0.15) is 5.26 Å². The lowest BCUT2D eigenvalue weighted by atomic mass is 10.2. The summed E-state index contributed by atoms with van der Waals surface area (Å²) < 4.78 is 7.83. The van der Waals surface area contributed by atoms with Crippen molar-refractivity contribution in [3.05, 3.63) is 41.6 Å². The highest BCUT2D eigenvalue weighted by molar-refractivity contribution is 5.57. The zero-order valence-corrected chi connectivity index (χ0v) is 12.1. The van der Waals surface area contributed by atoms with Gasteiger partial charge < -0.3 is 10.5 Å². The summed E-state index contributed by atoms with van der Waals surface area (Å²) in [7, 11) is 0. The Morgan fingerprint density at radius 1 is 1.40 bits per heavy atom. The van der Waals surface area contributed by atoms with Gasteiger partial charge in [-0.1, -0.05) is 25.1 Å². The van der Waals surface area contributed by atoms with Crippen LogP contribution in [0.3, 0.4) is 0 Å². The van der Waals surface area contributed by atoms with Crippen molar-refractivity contribution in [2.75, 3.05) is 5.73 Å². The van der Waals surface area contributed by atoms with Crippen molar-refractivity contribution in [3.8, 4) is 17.7 Å². The average molecular weight is 269 g/mol. The van der Waals surface area contributed by atoms with E-state index in [-0.39, 0.29) is 6.04 Å². The minimum Gasteiger partial charge on any atom is -0.438 e. The monoisotopic (exact) mass is 269 g/mol. The van der Waals surface area contributed by atoms with Crippen molar-refractivity contribution >= 4 is 5.69 Å². The van der Waals surface area contributed by atoms with E-state index < -0.39 is 0 Å². The zero-order chi connectivity index (χ0) is 14.7. The van der Waals surface area contributed by atoms with E-state index in [9.17, 15) is 5.26 Å². The Kier molecular flexibility index (Phi) is 3.99. The van der Waals surface area contributed by atoms with E-state index >= 15 is 0 Å². The number of nitrogen functional groups attached to an aromatic ring is 1. The van der Waals surface area contributed by atoms with Gasteiger partial charge in [0, 0.05) is 12.1 Å². The van der Waals surface area contributed by atoms with Gasteiger partial charge in [-0.15, -0.1) is 0 Å². The normalized spacial score (nSPS) is 11.9. The fourth-order valence-electron chi connectivity index (χ4n) is 2.12. The van der Waals surface area contributed by atoms with Crippen molar-refractivity contribution in [1.82, 2.24) is 4.57 Å². The number of rotatable bonds is 4. The van der Waals surface area contributed by atoms with Crippen LogP contribution in [-0.2, 0) is 0 Å². The zero-order valence-electron chi connectivity index (χ0n) is 12.1. The molecule has 1 aromatic carbocycles. The lowest BCUT2D eigenvalue weighted by molar-refractivity contribution is 0.396. The molecule has 0 aliphatic carbocycles. The maximum absolute atomic E-state index is 9.24. The molecular weight excluding hydrogens is 250 g/mol. The summed E-state index contributed by atoms with van der Waals surface area (Å²) in [6.07, 6.45) is 0.896.